The number of rotatable bonds is 2. The Labute approximate surface area is 71.8 Å². The third-order valence-electron chi connectivity index (χ3n) is 1.21. The van der Waals surface area contributed by atoms with E-state index in [1.54, 1.807) is 0 Å². The first-order chi connectivity index (χ1) is 5.08. The minimum absolute atomic E-state index is 0.0884. The maximum atomic E-state index is 12.8. The number of hydrogen-bond donors (Lipinski definition) is 1. The summed E-state index contributed by atoms with van der Waals surface area (Å²) in [6.45, 7) is -0.701. The van der Waals surface area contributed by atoms with Crippen molar-refractivity contribution in [3.63, 3.8) is 0 Å². The Morgan fingerprint density at radius 3 is 2.64 bits per heavy atom. The third kappa shape index (κ3) is 1.69. The molecule has 2 N–H and O–H groups in total. The van der Waals surface area contributed by atoms with Crippen molar-refractivity contribution in [2.45, 2.75) is 5.92 Å². The van der Waals surface area contributed by atoms with Gasteiger partial charge >= 0.3 is 0 Å². The molecule has 0 spiro atoms. The molecule has 1 heterocycles. The summed E-state index contributed by atoms with van der Waals surface area (Å²) in [6.07, 6.45) is 0. The average Bonchev–Trinajstić information content (AvgIpc) is 2.36. The highest BCUT2D eigenvalue weighted by Gasteiger charge is 2.33. The second kappa shape index (κ2) is 3.05. The molecular weight excluding hydrogens is 192 g/mol. The molecule has 1 aromatic rings. The van der Waals surface area contributed by atoms with Crippen LogP contribution in [0.5, 0.6) is 0 Å². The Morgan fingerprint density at radius 1 is 1.64 bits per heavy atom. The minimum Gasteiger partial charge on any atom is -0.325 e. The number of hydrogen-bond acceptors (Lipinski definition) is 2. The molecule has 0 amide bonds. The zero-order chi connectivity index (χ0) is 8.48. The largest absolute Gasteiger partial charge is 0.325 e. The smallest absolute Gasteiger partial charge is 0.295 e. The maximum Gasteiger partial charge on any atom is 0.295 e. The number of nitrogens with two attached hydrogens (primary N) is 1. The molecule has 0 aromatic carbocycles. The van der Waals surface area contributed by atoms with Crippen molar-refractivity contribution >= 4 is 22.9 Å². The lowest BCUT2D eigenvalue weighted by atomic mass is 10.3. The Morgan fingerprint density at radius 2 is 2.27 bits per heavy atom. The Hall–Kier alpha value is -0.190. The number of alkyl halides is 2. The van der Waals surface area contributed by atoms with Crippen molar-refractivity contribution < 1.29 is 8.78 Å². The molecule has 0 radical (unpaired) electrons. The van der Waals surface area contributed by atoms with Crippen LogP contribution in [0.3, 0.4) is 0 Å². The van der Waals surface area contributed by atoms with Crippen molar-refractivity contribution in [2.75, 3.05) is 6.54 Å². The van der Waals surface area contributed by atoms with E-state index in [1.165, 1.54) is 11.4 Å². The summed E-state index contributed by atoms with van der Waals surface area (Å²) < 4.78 is 25.6. The van der Waals surface area contributed by atoms with Gasteiger partial charge in [0, 0.05) is 0 Å². The van der Waals surface area contributed by atoms with E-state index in [0.717, 1.165) is 11.3 Å². The quantitative estimate of drug-likeness (QED) is 0.775. The second-order valence-electron chi connectivity index (χ2n) is 2.01. The van der Waals surface area contributed by atoms with Crippen LogP contribution < -0.4 is 5.73 Å². The molecule has 5 heteroatoms. The van der Waals surface area contributed by atoms with Gasteiger partial charge in [-0.2, -0.15) is 8.78 Å². The predicted molar refractivity (Wildman–Crippen MR) is 42.3 cm³/mol. The molecule has 1 nitrogen and oxygen atoms in total. The standard InChI is InChI=1S/C6H6ClF2NS/c7-4-1-2-11-5(4)6(8,9)3-10/h1-2H,3,10H2. The van der Waals surface area contributed by atoms with Crippen LogP contribution in [-0.2, 0) is 5.92 Å². The van der Waals surface area contributed by atoms with E-state index in [-0.39, 0.29) is 9.90 Å². The van der Waals surface area contributed by atoms with Crippen molar-refractivity contribution in [2.24, 2.45) is 5.73 Å². The maximum absolute atomic E-state index is 12.8. The van der Waals surface area contributed by atoms with Crippen LogP contribution in [0.15, 0.2) is 11.4 Å². The monoisotopic (exact) mass is 197 g/mol. The number of halogens is 3. The van der Waals surface area contributed by atoms with E-state index in [1.807, 2.05) is 0 Å². The van der Waals surface area contributed by atoms with Gasteiger partial charge in [0.05, 0.1) is 16.4 Å². The van der Waals surface area contributed by atoms with Gasteiger partial charge in [-0.3, -0.25) is 0 Å². The van der Waals surface area contributed by atoms with Crippen molar-refractivity contribution in [1.29, 1.82) is 0 Å². The van der Waals surface area contributed by atoms with Gasteiger partial charge in [0.15, 0.2) is 0 Å². The molecule has 0 atom stereocenters. The lowest BCUT2D eigenvalue weighted by Gasteiger charge is -2.11. The molecule has 0 saturated carbocycles. The summed E-state index contributed by atoms with van der Waals surface area (Å²) in [5.74, 6) is -2.98. The highest BCUT2D eigenvalue weighted by atomic mass is 35.5. The molecule has 0 bridgehead atoms. The molecular formula is C6H6ClF2NS. The van der Waals surface area contributed by atoms with Gasteiger partial charge < -0.3 is 5.73 Å². The molecule has 1 aromatic heterocycles. The van der Waals surface area contributed by atoms with Gasteiger partial charge in [0.1, 0.15) is 0 Å². The van der Waals surface area contributed by atoms with E-state index in [9.17, 15) is 8.78 Å². The fourth-order valence-corrected chi connectivity index (χ4v) is 1.83. The molecule has 62 valence electrons. The summed E-state index contributed by atoms with van der Waals surface area (Å²) in [6, 6.07) is 1.44. The second-order valence-corrected chi connectivity index (χ2v) is 3.33. The Kier molecular flexibility index (Phi) is 2.47. The summed E-state index contributed by atoms with van der Waals surface area (Å²) in [7, 11) is 0. The van der Waals surface area contributed by atoms with Crippen LogP contribution in [0, 0.1) is 0 Å². The van der Waals surface area contributed by atoms with E-state index in [4.69, 9.17) is 17.3 Å². The van der Waals surface area contributed by atoms with Crippen LogP contribution in [0.1, 0.15) is 4.88 Å². The van der Waals surface area contributed by atoms with Crippen LogP contribution in [0.25, 0.3) is 0 Å². The molecule has 0 fully saturated rings. The first kappa shape index (κ1) is 8.90. The summed E-state index contributed by atoms with van der Waals surface area (Å²) in [5, 5.41) is 1.60. The predicted octanol–water partition coefficient (Wildman–Crippen LogP) is 2.45. The first-order valence-electron chi connectivity index (χ1n) is 2.89. The van der Waals surface area contributed by atoms with E-state index in [0.29, 0.717) is 0 Å². The third-order valence-corrected chi connectivity index (χ3v) is 2.66. The molecule has 0 saturated heterocycles. The van der Waals surface area contributed by atoms with Crippen LogP contribution in [0.2, 0.25) is 5.02 Å². The molecule has 11 heavy (non-hydrogen) atoms. The van der Waals surface area contributed by atoms with Crippen LogP contribution in [-0.4, -0.2) is 6.54 Å². The molecule has 0 aliphatic rings. The summed E-state index contributed by atoms with van der Waals surface area (Å²) >= 11 is 6.40. The van der Waals surface area contributed by atoms with Crippen molar-refractivity contribution in [3.05, 3.63) is 21.3 Å². The minimum atomic E-state index is -2.98. The lowest BCUT2D eigenvalue weighted by molar-refractivity contribution is 0.0100. The molecule has 1 rings (SSSR count). The molecule has 0 unspecified atom stereocenters. The van der Waals surface area contributed by atoms with E-state index >= 15 is 0 Å². The van der Waals surface area contributed by atoms with Gasteiger partial charge in [-0.1, -0.05) is 11.6 Å². The van der Waals surface area contributed by atoms with Crippen molar-refractivity contribution in [3.8, 4) is 0 Å². The summed E-state index contributed by atoms with van der Waals surface area (Å²) in [5.41, 5.74) is 4.86. The summed E-state index contributed by atoms with van der Waals surface area (Å²) in [4.78, 5) is -0.151. The van der Waals surface area contributed by atoms with Gasteiger partial charge in [-0.15, -0.1) is 11.3 Å². The molecule has 0 aliphatic heterocycles. The zero-order valence-electron chi connectivity index (χ0n) is 5.48. The Bertz CT molecular complexity index is 248. The fraction of sp³-hybridized carbons (Fsp3) is 0.333. The fourth-order valence-electron chi connectivity index (χ4n) is 0.647. The average molecular weight is 198 g/mol. The van der Waals surface area contributed by atoms with E-state index in [2.05, 4.69) is 0 Å². The van der Waals surface area contributed by atoms with Crippen LogP contribution >= 0.6 is 22.9 Å². The van der Waals surface area contributed by atoms with Crippen LogP contribution in [0.4, 0.5) is 8.78 Å². The van der Waals surface area contributed by atoms with Gasteiger partial charge in [-0.05, 0) is 11.4 Å². The van der Waals surface area contributed by atoms with Gasteiger partial charge in [0.2, 0.25) is 0 Å². The topological polar surface area (TPSA) is 26.0 Å². The lowest BCUT2D eigenvalue weighted by Crippen LogP contribution is -2.24. The Balaban J connectivity index is 3.00. The van der Waals surface area contributed by atoms with Crippen molar-refractivity contribution in [1.82, 2.24) is 0 Å². The van der Waals surface area contributed by atoms with Gasteiger partial charge in [-0.25, -0.2) is 0 Å². The highest BCUT2D eigenvalue weighted by molar-refractivity contribution is 7.10. The normalized spacial score (nSPS) is 12.0. The SMILES string of the molecule is NCC(F)(F)c1sccc1Cl. The van der Waals surface area contributed by atoms with Gasteiger partial charge in [0.25, 0.3) is 5.92 Å². The zero-order valence-corrected chi connectivity index (χ0v) is 7.05. The highest BCUT2D eigenvalue weighted by Crippen LogP contribution is 2.36. The number of thiophene rings is 1. The first-order valence-corrected chi connectivity index (χ1v) is 4.15. The molecule has 0 aliphatic carbocycles. The van der Waals surface area contributed by atoms with E-state index < -0.39 is 12.5 Å².